The summed E-state index contributed by atoms with van der Waals surface area (Å²) in [6, 6.07) is 7.14. The molecule has 0 saturated carbocycles. The summed E-state index contributed by atoms with van der Waals surface area (Å²) in [5.74, 6) is 0.372. The maximum atomic E-state index is 12.6. The molecule has 0 aromatic heterocycles. The molecule has 0 unspecified atom stereocenters. The van der Waals surface area contributed by atoms with Gasteiger partial charge < -0.3 is 19.6 Å². The summed E-state index contributed by atoms with van der Waals surface area (Å²) in [6.07, 6.45) is 0. The first kappa shape index (κ1) is 15.9. The van der Waals surface area contributed by atoms with Crippen LogP contribution in [-0.4, -0.2) is 67.8 Å². The number of ether oxygens (including phenoxy) is 1. The van der Waals surface area contributed by atoms with Gasteiger partial charge in [0.25, 0.3) is 5.91 Å². The largest absolute Gasteiger partial charge is 0.392 e. The van der Waals surface area contributed by atoms with E-state index in [4.69, 9.17) is 9.84 Å². The van der Waals surface area contributed by atoms with Crippen LogP contribution in [0.4, 0.5) is 0 Å². The van der Waals surface area contributed by atoms with Crippen LogP contribution in [0.25, 0.3) is 0 Å². The Morgan fingerprint density at radius 1 is 1.38 bits per heavy atom. The quantitative estimate of drug-likeness (QED) is 0.893. The maximum Gasteiger partial charge on any atom is 0.253 e. The summed E-state index contributed by atoms with van der Waals surface area (Å²) < 4.78 is 5.61. The molecule has 1 aromatic carbocycles. The van der Waals surface area contributed by atoms with Gasteiger partial charge in [-0.25, -0.2) is 0 Å². The van der Waals surface area contributed by atoms with Crippen molar-refractivity contribution in [2.75, 3.05) is 46.9 Å². The summed E-state index contributed by atoms with van der Waals surface area (Å²) in [5, 5.41) is 9.06. The Bertz CT molecular complexity index is 459. The normalized spacial score (nSPS) is 19.6. The maximum absolute atomic E-state index is 12.6. The molecule has 1 atom stereocenters. The fourth-order valence-corrected chi connectivity index (χ4v) is 2.63. The molecule has 1 aliphatic heterocycles. The average Bonchev–Trinajstić information content (AvgIpc) is 2.71. The van der Waals surface area contributed by atoms with Crippen LogP contribution < -0.4 is 0 Å². The van der Waals surface area contributed by atoms with Gasteiger partial charge in [-0.15, -0.1) is 0 Å². The summed E-state index contributed by atoms with van der Waals surface area (Å²) in [4.78, 5) is 16.6. The first-order chi connectivity index (χ1) is 10.1. The minimum atomic E-state index is -0.00304. The number of hydrogen-bond acceptors (Lipinski definition) is 4. The van der Waals surface area contributed by atoms with Crippen molar-refractivity contribution in [2.24, 2.45) is 5.92 Å². The Balaban J connectivity index is 2.05. The zero-order valence-electron chi connectivity index (χ0n) is 12.8. The topological polar surface area (TPSA) is 53.0 Å². The highest BCUT2D eigenvalue weighted by atomic mass is 16.5. The van der Waals surface area contributed by atoms with Crippen molar-refractivity contribution in [3.8, 4) is 0 Å². The van der Waals surface area contributed by atoms with Gasteiger partial charge in [-0.3, -0.25) is 4.79 Å². The third-order valence-electron chi connectivity index (χ3n) is 3.63. The first-order valence-electron chi connectivity index (χ1n) is 7.31. The first-order valence-corrected chi connectivity index (χ1v) is 7.31. The van der Waals surface area contributed by atoms with Crippen LogP contribution in [-0.2, 0) is 11.3 Å². The van der Waals surface area contributed by atoms with Gasteiger partial charge in [-0.2, -0.15) is 0 Å². The fourth-order valence-electron chi connectivity index (χ4n) is 2.63. The molecule has 0 aliphatic carbocycles. The van der Waals surface area contributed by atoms with E-state index in [0.29, 0.717) is 31.2 Å². The summed E-state index contributed by atoms with van der Waals surface area (Å²) in [5.41, 5.74) is 1.48. The average molecular weight is 292 g/mol. The number of rotatable bonds is 4. The van der Waals surface area contributed by atoms with Crippen LogP contribution in [0, 0.1) is 5.92 Å². The van der Waals surface area contributed by atoms with E-state index in [-0.39, 0.29) is 12.5 Å². The molecule has 116 valence electrons. The SMILES string of the molecule is CN(C)C[C@H]1COCCN(C(=O)c2ccc(CO)cc2)C1. The molecule has 1 aliphatic rings. The van der Waals surface area contributed by atoms with Gasteiger partial charge in [-0.1, -0.05) is 12.1 Å². The Labute approximate surface area is 126 Å². The van der Waals surface area contributed by atoms with Crippen LogP contribution in [0.5, 0.6) is 0 Å². The number of amides is 1. The highest BCUT2D eigenvalue weighted by molar-refractivity contribution is 5.94. The number of carbonyl (C=O) groups is 1. The molecular formula is C16H24N2O3. The molecule has 1 saturated heterocycles. The lowest BCUT2D eigenvalue weighted by Gasteiger charge is -2.25. The molecule has 1 aromatic rings. The second kappa shape index (κ2) is 7.54. The zero-order chi connectivity index (χ0) is 15.2. The Morgan fingerprint density at radius 2 is 2.10 bits per heavy atom. The van der Waals surface area contributed by atoms with Crippen LogP contribution in [0.15, 0.2) is 24.3 Å². The lowest BCUT2D eigenvalue weighted by atomic mass is 10.1. The van der Waals surface area contributed by atoms with E-state index >= 15 is 0 Å². The van der Waals surface area contributed by atoms with E-state index in [2.05, 4.69) is 4.90 Å². The van der Waals surface area contributed by atoms with Gasteiger partial charge in [-0.05, 0) is 31.8 Å². The molecule has 1 amide bonds. The van der Waals surface area contributed by atoms with Crippen molar-refractivity contribution in [1.29, 1.82) is 0 Å². The van der Waals surface area contributed by atoms with Crippen molar-refractivity contribution >= 4 is 5.91 Å². The van der Waals surface area contributed by atoms with Crippen LogP contribution in [0.1, 0.15) is 15.9 Å². The lowest BCUT2D eigenvalue weighted by Crippen LogP contribution is -2.38. The van der Waals surface area contributed by atoms with Gasteiger partial charge in [0.2, 0.25) is 0 Å². The Morgan fingerprint density at radius 3 is 2.71 bits per heavy atom. The molecular weight excluding hydrogens is 268 g/mol. The molecule has 5 heteroatoms. The van der Waals surface area contributed by atoms with E-state index in [9.17, 15) is 4.79 Å². The van der Waals surface area contributed by atoms with Crippen LogP contribution in [0.2, 0.25) is 0 Å². The standard InChI is InChI=1S/C16H24N2O3/c1-17(2)9-14-10-18(7-8-21-12-14)16(20)15-5-3-13(11-19)4-6-15/h3-6,14,19H,7-12H2,1-2H3/t14-/m1/s1. The monoisotopic (exact) mass is 292 g/mol. The summed E-state index contributed by atoms with van der Waals surface area (Å²) >= 11 is 0. The molecule has 0 bridgehead atoms. The predicted molar refractivity (Wildman–Crippen MR) is 81.1 cm³/mol. The van der Waals surface area contributed by atoms with Crippen molar-refractivity contribution < 1.29 is 14.6 Å². The highest BCUT2D eigenvalue weighted by Gasteiger charge is 2.23. The van der Waals surface area contributed by atoms with Gasteiger partial charge in [0.05, 0.1) is 19.8 Å². The Kier molecular flexibility index (Phi) is 5.73. The van der Waals surface area contributed by atoms with E-state index in [0.717, 1.165) is 18.7 Å². The highest BCUT2D eigenvalue weighted by Crippen LogP contribution is 2.13. The molecule has 1 N–H and O–H groups in total. The molecule has 0 radical (unpaired) electrons. The number of hydrogen-bond donors (Lipinski definition) is 1. The van der Waals surface area contributed by atoms with E-state index in [1.165, 1.54) is 0 Å². The molecule has 2 rings (SSSR count). The second-order valence-electron chi connectivity index (χ2n) is 5.81. The number of aliphatic hydroxyl groups excluding tert-OH is 1. The van der Waals surface area contributed by atoms with E-state index < -0.39 is 0 Å². The smallest absolute Gasteiger partial charge is 0.253 e. The zero-order valence-corrected chi connectivity index (χ0v) is 12.8. The van der Waals surface area contributed by atoms with Crippen molar-refractivity contribution in [2.45, 2.75) is 6.61 Å². The van der Waals surface area contributed by atoms with Gasteiger partial charge in [0, 0.05) is 31.1 Å². The number of benzene rings is 1. The third-order valence-corrected chi connectivity index (χ3v) is 3.63. The Hall–Kier alpha value is -1.43. The predicted octanol–water partition coefficient (Wildman–Crippen LogP) is 0.829. The lowest BCUT2D eigenvalue weighted by molar-refractivity contribution is 0.0735. The van der Waals surface area contributed by atoms with Crippen LogP contribution in [0.3, 0.4) is 0 Å². The second-order valence-corrected chi connectivity index (χ2v) is 5.81. The van der Waals surface area contributed by atoms with Crippen molar-refractivity contribution in [1.82, 2.24) is 9.80 Å². The van der Waals surface area contributed by atoms with Gasteiger partial charge in [0.1, 0.15) is 0 Å². The minimum absolute atomic E-state index is 0.00304. The molecule has 0 spiro atoms. The fraction of sp³-hybridized carbons (Fsp3) is 0.562. The molecule has 1 heterocycles. The van der Waals surface area contributed by atoms with Crippen molar-refractivity contribution in [3.63, 3.8) is 0 Å². The summed E-state index contributed by atoms with van der Waals surface area (Å²) in [6.45, 7) is 3.54. The molecule has 1 fully saturated rings. The molecule has 5 nitrogen and oxygen atoms in total. The van der Waals surface area contributed by atoms with E-state index in [1.54, 1.807) is 24.3 Å². The van der Waals surface area contributed by atoms with Gasteiger partial charge in [0.15, 0.2) is 0 Å². The number of aliphatic hydroxyl groups is 1. The van der Waals surface area contributed by atoms with Gasteiger partial charge >= 0.3 is 0 Å². The summed E-state index contributed by atoms with van der Waals surface area (Å²) in [7, 11) is 4.06. The van der Waals surface area contributed by atoms with Crippen LogP contribution >= 0.6 is 0 Å². The molecule has 21 heavy (non-hydrogen) atoms. The van der Waals surface area contributed by atoms with E-state index in [1.807, 2.05) is 19.0 Å². The minimum Gasteiger partial charge on any atom is -0.392 e. The number of nitrogens with zero attached hydrogens (tertiary/aromatic N) is 2. The third kappa shape index (κ3) is 4.52. The number of carbonyl (C=O) groups excluding carboxylic acids is 1. The van der Waals surface area contributed by atoms with Crippen molar-refractivity contribution in [3.05, 3.63) is 35.4 Å².